The molecule has 1 amide bonds. The van der Waals surface area contributed by atoms with Crippen molar-refractivity contribution in [1.29, 1.82) is 0 Å². The molecule has 3 rings (SSSR count). The summed E-state index contributed by atoms with van der Waals surface area (Å²) in [6, 6.07) is 7.85. The van der Waals surface area contributed by atoms with Crippen molar-refractivity contribution in [3.8, 4) is 0 Å². The zero-order valence-corrected chi connectivity index (χ0v) is 17.9. The van der Waals surface area contributed by atoms with Crippen molar-refractivity contribution in [3.05, 3.63) is 45.9 Å². The Kier molecular flexibility index (Phi) is 7.73. The molecule has 146 valence electrons. The van der Waals surface area contributed by atoms with E-state index in [0.717, 1.165) is 52.3 Å². The number of nitrogens with zero attached hydrogens (tertiary/aromatic N) is 2. The number of likely N-dealkylation sites (tertiary alicyclic amines) is 1. The minimum absolute atomic E-state index is 0.0276. The molecule has 1 aromatic heterocycles. The number of amides is 1. The van der Waals surface area contributed by atoms with Crippen molar-refractivity contribution in [1.82, 2.24) is 15.2 Å². The Morgan fingerprint density at radius 2 is 2.11 bits per heavy atom. The number of thiazole rings is 1. The van der Waals surface area contributed by atoms with Gasteiger partial charge in [-0.3, -0.25) is 4.79 Å². The summed E-state index contributed by atoms with van der Waals surface area (Å²) < 4.78 is 0. The van der Waals surface area contributed by atoms with E-state index >= 15 is 0 Å². The van der Waals surface area contributed by atoms with Crippen molar-refractivity contribution in [2.75, 3.05) is 26.2 Å². The summed E-state index contributed by atoms with van der Waals surface area (Å²) >= 11 is 3.35. The fourth-order valence-corrected chi connectivity index (χ4v) is 4.95. The third-order valence-corrected chi connectivity index (χ3v) is 6.92. The Balaban J connectivity index is 1.45. The number of aryl methyl sites for hydroxylation is 1. The van der Waals surface area contributed by atoms with Crippen molar-refractivity contribution in [2.45, 2.75) is 43.8 Å². The number of nitrogens with one attached hydrogen (secondary N) is 1. The topological polar surface area (TPSA) is 45.2 Å². The lowest BCUT2D eigenvalue weighted by Gasteiger charge is -2.30. The SMILES string of the molecule is Cc1nc(CSc2ccccc2C(=O)NCCCN2CCC(C)CC2)cs1. The number of thioether (sulfide) groups is 1. The van der Waals surface area contributed by atoms with E-state index in [-0.39, 0.29) is 5.91 Å². The van der Waals surface area contributed by atoms with Gasteiger partial charge in [0.2, 0.25) is 0 Å². The summed E-state index contributed by atoms with van der Waals surface area (Å²) in [5.74, 6) is 1.69. The number of piperidine rings is 1. The highest BCUT2D eigenvalue weighted by Gasteiger charge is 2.15. The van der Waals surface area contributed by atoms with Crippen LogP contribution in [0, 0.1) is 12.8 Å². The van der Waals surface area contributed by atoms with Gasteiger partial charge in [0.25, 0.3) is 5.91 Å². The van der Waals surface area contributed by atoms with Crippen molar-refractivity contribution in [2.24, 2.45) is 5.92 Å². The van der Waals surface area contributed by atoms with Crippen LogP contribution in [0.4, 0.5) is 0 Å². The van der Waals surface area contributed by atoms with Gasteiger partial charge >= 0.3 is 0 Å². The molecule has 1 saturated heterocycles. The smallest absolute Gasteiger partial charge is 0.252 e. The standard InChI is InChI=1S/C21H29N3OS2/c1-16-8-12-24(13-9-16)11-5-10-22-21(25)19-6-3-4-7-20(19)27-15-18-14-26-17(2)23-18/h3-4,6-7,14,16H,5,8-13,15H2,1-2H3,(H,22,25). The average Bonchev–Trinajstić information content (AvgIpc) is 3.10. The van der Waals surface area contributed by atoms with Crippen LogP contribution in [-0.2, 0) is 5.75 Å². The van der Waals surface area contributed by atoms with Gasteiger partial charge in [-0.2, -0.15) is 0 Å². The van der Waals surface area contributed by atoms with Crippen LogP contribution in [0.25, 0.3) is 0 Å². The van der Waals surface area contributed by atoms with Crippen LogP contribution in [0.1, 0.15) is 47.2 Å². The van der Waals surface area contributed by atoms with Crippen molar-refractivity contribution < 1.29 is 4.79 Å². The monoisotopic (exact) mass is 403 g/mol. The highest BCUT2D eigenvalue weighted by molar-refractivity contribution is 7.98. The van der Waals surface area contributed by atoms with E-state index in [1.54, 1.807) is 23.1 Å². The molecule has 4 nitrogen and oxygen atoms in total. The Bertz CT molecular complexity index is 739. The Hall–Kier alpha value is -1.37. The zero-order valence-electron chi connectivity index (χ0n) is 16.2. The Morgan fingerprint density at radius 3 is 2.85 bits per heavy atom. The third kappa shape index (κ3) is 6.33. The first-order valence-corrected chi connectivity index (χ1v) is 11.6. The molecule has 1 aliphatic heterocycles. The highest BCUT2D eigenvalue weighted by atomic mass is 32.2. The second-order valence-corrected chi connectivity index (χ2v) is 9.36. The van der Waals surface area contributed by atoms with E-state index in [2.05, 4.69) is 27.5 Å². The van der Waals surface area contributed by atoms with Gasteiger partial charge in [-0.25, -0.2) is 4.98 Å². The minimum atomic E-state index is 0.0276. The van der Waals surface area contributed by atoms with Crippen LogP contribution in [-0.4, -0.2) is 42.0 Å². The summed E-state index contributed by atoms with van der Waals surface area (Å²) in [5.41, 5.74) is 1.84. The molecule has 0 atom stereocenters. The van der Waals surface area contributed by atoms with Crippen LogP contribution in [0.3, 0.4) is 0 Å². The molecule has 0 aliphatic carbocycles. The molecular weight excluding hydrogens is 374 g/mol. The van der Waals surface area contributed by atoms with E-state index < -0.39 is 0 Å². The van der Waals surface area contributed by atoms with Gasteiger partial charge < -0.3 is 10.2 Å². The summed E-state index contributed by atoms with van der Waals surface area (Å²) in [4.78, 5) is 20.7. The molecular formula is C21H29N3OS2. The van der Waals surface area contributed by atoms with Crippen LogP contribution >= 0.6 is 23.1 Å². The number of carbonyl (C=O) groups is 1. The molecule has 0 bridgehead atoms. The zero-order chi connectivity index (χ0) is 19.1. The largest absolute Gasteiger partial charge is 0.352 e. The molecule has 0 saturated carbocycles. The summed E-state index contributed by atoms with van der Waals surface area (Å²) in [5, 5.41) is 6.27. The number of hydrogen-bond acceptors (Lipinski definition) is 5. The lowest BCUT2D eigenvalue weighted by Crippen LogP contribution is -2.35. The van der Waals surface area contributed by atoms with E-state index in [0.29, 0.717) is 0 Å². The number of aromatic nitrogens is 1. The first kappa shape index (κ1) is 20.4. The number of hydrogen-bond donors (Lipinski definition) is 1. The second-order valence-electron chi connectivity index (χ2n) is 7.28. The Morgan fingerprint density at radius 1 is 1.33 bits per heavy atom. The molecule has 6 heteroatoms. The molecule has 0 unspecified atom stereocenters. The maximum atomic E-state index is 12.6. The van der Waals surface area contributed by atoms with E-state index in [1.807, 2.05) is 31.2 Å². The lowest BCUT2D eigenvalue weighted by atomic mass is 9.99. The molecule has 1 N–H and O–H groups in total. The fourth-order valence-electron chi connectivity index (χ4n) is 3.29. The molecule has 1 fully saturated rings. The van der Waals surface area contributed by atoms with Crippen LogP contribution in [0.15, 0.2) is 34.5 Å². The maximum Gasteiger partial charge on any atom is 0.252 e. The van der Waals surface area contributed by atoms with Gasteiger partial charge in [0, 0.05) is 22.6 Å². The molecule has 1 aliphatic rings. The van der Waals surface area contributed by atoms with E-state index in [9.17, 15) is 4.79 Å². The summed E-state index contributed by atoms with van der Waals surface area (Å²) in [7, 11) is 0. The van der Waals surface area contributed by atoms with Gasteiger partial charge in [0.1, 0.15) is 0 Å². The van der Waals surface area contributed by atoms with E-state index in [1.165, 1.54) is 25.9 Å². The predicted octanol–water partition coefficient (Wildman–Crippen LogP) is 4.60. The van der Waals surface area contributed by atoms with Gasteiger partial charge in [-0.15, -0.1) is 23.1 Å². The molecule has 0 spiro atoms. The fraction of sp³-hybridized carbons (Fsp3) is 0.524. The predicted molar refractivity (Wildman–Crippen MR) is 115 cm³/mol. The van der Waals surface area contributed by atoms with Gasteiger partial charge in [-0.05, 0) is 63.9 Å². The number of carbonyl (C=O) groups excluding carboxylic acids is 1. The second kappa shape index (κ2) is 10.2. The van der Waals surface area contributed by atoms with Crippen LogP contribution in [0.2, 0.25) is 0 Å². The first-order valence-electron chi connectivity index (χ1n) is 9.75. The van der Waals surface area contributed by atoms with Crippen LogP contribution < -0.4 is 5.32 Å². The lowest BCUT2D eigenvalue weighted by molar-refractivity contribution is 0.0947. The quantitative estimate of drug-likeness (QED) is 0.517. The van der Waals surface area contributed by atoms with Gasteiger partial charge in [0.15, 0.2) is 0 Å². The Labute approximate surface area is 170 Å². The highest BCUT2D eigenvalue weighted by Crippen LogP contribution is 2.26. The van der Waals surface area contributed by atoms with Gasteiger partial charge in [-0.1, -0.05) is 19.1 Å². The molecule has 27 heavy (non-hydrogen) atoms. The molecule has 1 aromatic carbocycles. The van der Waals surface area contributed by atoms with Crippen molar-refractivity contribution in [3.63, 3.8) is 0 Å². The number of rotatable bonds is 8. The summed E-state index contributed by atoms with van der Waals surface area (Å²) in [6.07, 6.45) is 3.61. The third-order valence-electron chi connectivity index (χ3n) is 4.99. The molecule has 0 radical (unpaired) electrons. The van der Waals surface area contributed by atoms with Crippen molar-refractivity contribution >= 4 is 29.0 Å². The van der Waals surface area contributed by atoms with Crippen LogP contribution in [0.5, 0.6) is 0 Å². The summed E-state index contributed by atoms with van der Waals surface area (Å²) in [6.45, 7) is 8.56. The normalized spacial score (nSPS) is 15.8. The molecule has 2 heterocycles. The van der Waals surface area contributed by atoms with E-state index in [4.69, 9.17) is 0 Å². The minimum Gasteiger partial charge on any atom is -0.352 e. The maximum absolute atomic E-state index is 12.6. The average molecular weight is 404 g/mol. The number of benzene rings is 1. The first-order chi connectivity index (χ1) is 13.1. The van der Waals surface area contributed by atoms with Gasteiger partial charge in [0.05, 0.1) is 16.3 Å². The molecule has 2 aromatic rings.